The molecular weight excluding hydrogens is 432 g/mol. The third-order valence-corrected chi connectivity index (χ3v) is 6.31. The third kappa shape index (κ3) is 4.68. The van der Waals surface area contributed by atoms with Gasteiger partial charge in [0, 0.05) is 15.5 Å². The van der Waals surface area contributed by atoms with E-state index in [1.807, 2.05) is 45.0 Å². The van der Waals surface area contributed by atoms with Crippen LogP contribution in [0, 0.1) is 6.92 Å². The SMILES string of the molecule is CCOc1cc(-c2c(O)cc(-c3ccc(Cl)cc3)c(C)c2SCC)cc(O)c1C(C)=O. The number of carbonyl (C=O) groups excluding carboxylic acids is 1. The van der Waals surface area contributed by atoms with E-state index < -0.39 is 0 Å². The maximum atomic E-state index is 12.0. The molecule has 0 unspecified atom stereocenters. The van der Waals surface area contributed by atoms with Gasteiger partial charge in [0.15, 0.2) is 5.78 Å². The van der Waals surface area contributed by atoms with Crippen LogP contribution in [0.4, 0.5) is 0 Å². The zero-order valence-electron chi connectivity index (χ0n) is 18.0. The van der Waals surface area contributed by atoms with Gasteiger partial charge in [-0.25, -0.2) is 0 Å². The Balaban J connectivity index is 2.27. The summed E-state index contributed by atoms with van der Waals surface area (Å²) < 4.78 is 5.63. The lowest BCUT2D eigenvalue weighted by Crippen LogP contribution is -2.02. The Morgan fingerprint density at radius 2 is 1.71 bits per heavy atom. The minimum absolute atomic E-state index is 0.0870. The Morgan fingerprint density at radius 1 is 1.03 bits per heavy atom. The number of benzene rings is 3. The van der Waals surface area contributed by atoms with Crippen molar-refractivity contribution in [2.45, 2.75) is 32.6 Å². The van der Waals surface area contributed by atoms with Crippen LogP contribution < -0.4 is 4.74 Å². The highest BCUT2D eigenvalue weighted by atomic mass is 35.5. The molecule has 0 atom stereocenters. The molecule has 0 aliphatic rings. The van der Waals surface area contributed by atoms with Crippen molar-refractivity contribution >= 4 is 29.1 Å². The van der Waals surface area contributed by atoms with E-state index in [2.05, 4.69) is 0 Å². The van der Waals surface area contributed by atoms with Crippen molar-refractivity contribution in [1.29, 1.82) is 0 Å². The first-order valence-corrected chi connectivity index (χ1v) is 11.4. The molecule has 3 aromatic carbocycles. The average Bonchev–Trinajstić information content (AvgIpc) is 2.71. The Kier molecular flexibility index (Phi) is 7.19. The number of ether oxygens (including phenoxy) is 1. The molecule has 0 bridgehead atoms. The lowest BCUT2D eigenvalue weighted by molar-refractivity contribution is 0.101. The second-order valence-electron chi connectivity index (χ2n) is 7.07. The fourth-order valence-corrected chi connectivity index (χ4v) is 4.75. The second kappa shape index (κ2) is 9.67. The largest absolute Gasteiger partial charge is 0.507 e. The van der Waals surface area contributed by atoms with Crippen LogP contribution in [0.5, 0.6) is 17.2 Å². The van der Waals surface area contributed by atoms with Gasteiger partial charge >= 0.3 is 0 Å². The first kappa shape index (κ1) is 23.0. The molecule has 162 valence electrons. The van der Waals surface area contributed by atoms with Gasteiger partial charge in [-0.2, -0.15) is 0 Å². The van der Waals surface area contributed by atoms with E-state index in [1.54, 1.807) is 23.9 Å². The second-order valence-corrected chi connectivity index (χ2v) is 8.78. The van der Waals surface area contributed by atoms with E-state index in [1.165, 1.54) is 13.0 Å². The molecule has 0 aromatic heterocycles. The molecule has 0 radical (unpaired) electrons. The number of thioether (sulfide) groups is 1. The lowest BCUT2D eigenvalue weighted by atomic mass is 9.93. The van der Waals surface area contributed by atoms with Gasteiger partial charge < -0.3 is 14.9 Å². The predicted molar refractivity (Wildman–Crippen MR) is 128 cm³/mol. The normalized spacial score (nSPS) is 10.9. The summed E-state index contributed by atoms with van der Waals surface area (Å²) in [5.74, 6) is 0.738. The van der Waals surface area contributed by atoms with Crippen molar-refractivity contribution in [2.24, 2.45) is 0 Å². The minimum Gasteiger partial charge on any atom is -0.507 e. The standard InChI is InChI=1S/C25H25ClO4S/c1-5-30-22-12-17(11-20(28)23(22)15(4)27)24-21(29)13-19(14(3)25(24)31-6-2)16-7-9-18(26)10-8-16/h7-13,28-29H,5-6H2,1-4H3. The molecule has 0 saturated carbocycles. The maximum Gasteiger partial charge on any atom is 0.167 e. The number of halogens is 1. The van der Waals surface area contributed by atoms with Crippen LogP contribution >= 0.6 is 23.4 Å². The summed E-state index contributed by atoms with van der Waals surface area (Å²) in [6, 6.07) is 12.4. The Bertz CT molecular complexity index is 1120. The van der Waals surface area contributed by atoms with Gasteiger partial charge in [0.05, 0.1) is 6.61 Å². The van der Waals surface area contributed by atoms with Crippen LogP contribution in [-0.4, -0.2) is 28.4 Å². The fraction of sp³-hybridized carbons (Fsp3) is 0.240. The number of phenols is 2. The van der Waals surface area contributed by atoms with Crippen LogP contribution in [0.15, 0.2) is 47.4 Å². The van der Waals surface area contributed by atoms with Crippen molar-refractivity contribution in [3.05, 3.63) is 58.6 Å². The minimum atomic E-state index is -0.283. The highest BCUT2D eigenvalue weighted by Gasteiger charge is 2.22. The van der Waals surface area contributed by atoms with Gasteiger partial charge in [0.1, 0.15) is 22.8 Å². The van der Waals surface area contributed by atoms with Crippen molar-refractivity contribution < 1.29 is 19.7 Å². The molecule has 3 rings (SSSR count). The zero-order valence-corrected chi connectivity index (χ0v) is 19.5. The predicted octanol–water partition coefficient (Wildman–Crippen LogP) is 7.11. The van der Waals surface area contributed by atoms with Crippen LogP contribution in [-0.2, 0) is 0 Å². The number of Topliss-reactive ketones (excluding diaryl/α,β-unsaturated/α-hetero) is 1. The summed E-state index contributed by atoms with van der Waals surface area (Å²) >= 11 is 7.64. The molecule has 0 saturated heterocycles. The van der Waals surface area contributed by atoms with Crippen molar-refractivity contribution in [2.75, 3.05) is 12.4 Å². The molecule has 2 N–H and O–H groups in total. The molecule has 0 amide bonds. The molecule has 0 heterocycles. The molecular formula is C25H25ClO4S. The smallest absolute Gasteiger partial charge is 0.167 e. The Hall–Kier alpha value is -2.63. The topological polar surface area (TPSA) is 66.8 Å². The lowest BCUT2D eigenvalue weighted by Gasteiger charge is -2.20. The van der Waals surface area contributed by atoms with Crippen LogP contribution in [0.2, 0.25) is 5.02 Å². The molecule has 3 aromatic rings. The number of aromatic hydroxyl groups is 2. The van der Waals surface area contributed by atoms with Crippen LogP contribution in [0.1, 0.15) is 36.7 Å². The summed E-state index contributed by atoms with van der Waals surface area (Å²) in [5.41, 5.74) is 4.20. The highest BCUT2D eigenvalue weighted by molar-refractivity contribution is 7.99. The van der Waals surface area contributed by atoms with Gasteiger partial charge in [0.2, 0.25) is 0 Å². The number of phenolic OH excluding ortho intramolecular Hbond substituents is 2. The van der Waals surface area contributed by atoms with Gasteiger partial charge in [-0.15, -0.1) is 11.8 Å². The van der Waals surface area contributed by atoms with Crippen LogP contribution in [0.25, 0.3) is 22.3 Å². The highest BCUT2D eigenvalue weighted by Crippen LogP contribution is 2.47. The third-order valence-electron chi connectivity index (χ3n) is 4.97. The molecule has 6 heteroatoms. The van der Waals surface area contributed by atoms with Crippen molar-refractivity contribution in [3.63, 3.8) is 0 Å². The van der Waals surface area contributed by atoms with E-state index in [-0.39, 0.29) is 22.8 Å². The van der Waals surface area contributed by atoms with Gasteiger partial charge in [0.25, 0.3) is 0 Å². The fourth-order valence-electron chi connectivity index (χ4n) is 3.64. The molecule has 0 fully saturated rings. The van der Waals surface area contributed by atoms with Gasteiger partial charge in [-0.05, 0) is 79.1 Å². The molecule has 0 aliphatic heterocycles. The zero-order chi connectivity index (χ0) is 22.7. The van der Waals surface area contributed by atoms with E-state index in [0.29, 0.717) is 28.5 Å². The first-order valence-electron chi connectivity index (χ1n) is 10.0. The summed E-state index contributed by atoms with van der Waals surface area (Å²) in [5, 5.41) is 22.3. The number of hydrogen-bond donors (Lipinski definition) is 2. The quantitative estimate of drug-likeness (QED) is 0.293. The van der Waals surface area contributed by atoms with Gasteiger partial charge in [-0.3, -0.25) is 4.79 Å². The van der Waals surface area contributed by atoms with E-state index in [9.17, 15) is 15.0 Å². The molecule has 0 spiro atoms. The first-order chi connectivity index (χ1) is 14.8. The maximum absolute atomic E-state index is 12.0. The van der Waals surface area contributed by atoms with Crippen molar-refractivity contribution in [1.82, 2.24) is 0 Å². The monoisotopic (exact) mass is 456 g/mol. The van der Waals surface area contributed by atoms with Crippen LogP contribution in [0.3, 0.4) is 0 Å². The Labute approximate surface area is 191 Å². The van der Waals surface area contributed by atoms with Crippen molar-refractivity contribution in [3.8, 4) is 39.5 Å². The average molecular weight is 457 g/mol. The summed E-state index contributed by atoms with van der Waals surface area (Å²) in [6.07, 6.45) is 0. The van der Waals surface area contributed by atoms with Gasteiger partial charge in [-0.1, -0.05) is 30.7 Å². The number of hydrogen-bond acceptors (Lipinski definition) is 5. The summed E-state index contributed by atoms with van der Waals surface area (Å²) in [4.78, 5) is 12.9. The summed E-state index contributed by atoms with van der Waals surface area (Å²) in [6.45, 7) is 7.60. The van der Waals surface area contributed by atoms with E-state index >= 15 is 0 Å². The molecule has 31 heavy (non-hydrogen) atoms. The molecule has 0 aliphatic carbocycles. The van der Waals surface area contributed by atoms with E-state index in [4.69, 9.17) is 16.3 Å². The Morgan fingerprint density at radius 3 is 2.29 bits per heavy atom. The number of carbonyl (C=O) groups is 1. The number of rotatable bonds is 7. The summed E-state index contributed by atoms with van der Waals surface area (Å²) in [7, 11) is 0. The number of ketones is 1. The van der Waals surface area contributed by atoms with E-state index in [0.717, 1.165) is 27.3 Å². The molecule has 4 nitrogen and oxygen atoms in total.